The SMILES string of the molecule is COC(OC)C(=O)Cc1c(NC(=O)c2ccccc2)c(OCc2ccccc2)cc(NC(=O)c2ccccc2)c1C1COC(C)(C)OC1. The molecule has 4 aromatic rings. The Hall–Kier alpha value is -4.87. The predicted octanol–water partition coefficient (Wildman–Crippen LogP) is 6.37. The van der Waals surface area contributed by atoms with Gasteiger partial charge in [-0.1, -0.05) is 66.7 Å². The van der Waals surface area contributed by atoms with E-state index in [0.717, 1.165) is 5.56 Å². The molecule has 250 valence electrons. The standard InChI is InChI=1S/C38H40N2O8/c1-38(2)47-23-28(24-48-38)33-29(20-31(41)37(44-3)45-4)34(40-36(43)27-18-12-7-13-19-27)32(46-22-25-14-8-5-9-15-25)21-30(33)39-35(42)26-16-10-6-11-17-26/h5-19,21,28,37H,20,22-24H2,1-4H3,(H,39,42)(H,40,43). The summed E-state index contributed by atoms with van der Waals surface area (Å²) in [6.07, 6.45) is -1.41. The van der Waals surface area contributed by atoms with Crippen molar-refractivity contribution >= 4 is 29.0 Å². The molecule has 2 N–H and O–H groups in total. The van der Waals surface area contributed by atoms with Gasteiger partial charge in [-0.05, 0) is 54.8 Å². The summed E-state index contributed by atoms with van der Waals surface area (Å²) in [7, 11) is 2.75. The zero-order chi connectivity index (χ0) is 34.1. The Morgan fingerprint density at radius 3 is 1.85 bits per heavy atom. The van der Waals surface area contributed by atoms with Crippen LogP contribution in [-0.2, 0) is 36.8 Å². The van der Waals surface area contributed by atoms with E-state index in [4.69, 9.17) is 23.7 Å². The first-order valence-corrected chi connectivity index (χ1v) is 15.6. The molecule has 0 atom stereocenters. The smallest absolute Gasteiger partial charge is 0.255 e. The molecule has 0 aliphatic carbocycles. The van der Waals surface area contributed by atoms with Gasteiger partial charge in [0.25, 0.3) is 11.8 Å². The molecule has 1 saturated heterocycles. The lowest BCUT2D eigenvalue weighted by Crippen LogP contribution is -2.39. The molecule has 0 radical (unpaired) electrons. The Balaban J connectivity index is 1.71. The molecule has 1 heterocycles. The fraction of sp³-hybridized carbons (Fsp3) is 0.289. The zero-order valence-corrected chi connectivity index (χ0v) is 27.5. The molecule has 48 heavy (non-hydrogen) atoms. The van der Waals surface area contributed by atoms with Gasteiger partial charge >= 0.3 is 0 Å². The second kappa shape index (κ2) is 15.8. The van der Waals surface area contributed by atoms with Gasteiger partial charge in [-0.3, -0.25) is 14.4 Å². The molecule has 0 bridgehead atoms. The van der Waals surface area contributed by atoms with Crippen LogP contribution >= 0.6 is 0 Å². The van der Waals surface area contributed by atoms with Crippen molar-refractivity contribution < 1.29 is 38.1 Å². The maximum Gasteiger partial charge on any atom is 0.255 e. The van der Waals surface area contributed by atoms with Gasteiger partial charge in [-0.25, -0.2) is 0 Å². The Morgan fingerprint density at radius 2 is 1.31 bits per heavy atom. The molecule has 4 aromatic carbocycles. The molecular weight excluding hydrogens is 612 g/mol. The molecule has 0 unspecified atom stereocenters. The van der Waals surface area contributed by atoms with E-state index in [1.807, 2.05) is 56.3 Å². The Labute approximate surface area is 280 Å². The zero-order valence-electron chi connectivity index (χ0n) is 27.5. The van der Waals surface area contributed by atoms with Crippen LogP contribution in [0.15, 0.2) is 97.1 Å². The summed E-state index contributed by atoms with van der Waals surface area (Å²) >= 11 is 0. The van der Waals surface area contributed by atoms with E-state index in [2.05, 4.69) is 10.6 Å². The van der Waals surface area contributed by atoms with Crippen molar-refractivity contribution in [3.8, 4) is 5.75 Å². The number of amides is 2. The molecule has 5 rings (SSSR count). The van der Waals surface area contributed by atoms with Gasteiger partial charge in [-0.2, -0.15) is 0 Å². The molecule has 1 aliphatic heterocycles. The van der Waals surface area contributed by atoms with Gasteiger partial charge < -0.3 is 34.3 Å². The molecule has 1 fully saturated rings. The first kappa shape index (κ1) is 34.5. The number of anilines is 2. The number of hydrogen-bond acceptors (Lipinski definition) is 8. The molecule has 1 aliphatic rings. The maximum atomic E-state index is 13.7. The van der Waals surface area contributed by atoms with Crippen LogP contribution in [0.25, 0.3) is 0 Å². The van der Waals surface area contributed by atoms with E-state index >= 15 is 0 Å². The van der Waals surface area contributed by atoms with Crippen LogP contribution in [0.2, 0.25) is 0 Å². The minimum atomic E-state index is -1.18. The average molecular weight is 653 g/mol. The van der Waals surface area contributed by atoms with E-state index in [1.165, 1.54) is 14.2 Å². The van der Waals surface area contributed by atoms with Gasteiger partial charge in [0.15, 0.2) is 11.6 Å². The third-order valence-electron chi connectivity index (χ3n) is 7.95. The van der Waals surface area contributed by atoms with Crippen LogP contribution in [0.4, 0.5) is 11.4 Å². The third kappa shape index (κ3) is 8.53. The topological polar surface area (TPSA) is 121 Å². The fourth-order valence-electron chi connectivity index (χ4n) is 5.50. The molecule has 2 amide bonds. The highest BCUT2D eigenvalue weighted by Crippen LogP contribution is 2.44. The number of Topliss-reactive ketones (excluding diaryl/α,β-unsaturated/α-hetero) is 1. The van der Waals surface area contributed by atoms with Crippen molar-refractivity contribution in [1.82, 2.24) is 0 Å². The van der Waals surface area contributed by atoms with E-state index < -0.39 is 29.7 Å². The Bertz CT molecular complexity index is 1700. The van der Waals surface area contributed by atoms with Crippen LogP contribution in [0, 0.1) is 0 Å². The number of hydrogen-bond donors (Lipinski definition) is 2. The first-order chi connectivity index (χ1) is 23.2. The number of ketones is 1. The van der Waals surface area contributed by atoms with Crippen LogP contribution < -0.4 is 15.4 Å². The molecule has 0 spiro atoms. The van der Waals surface area contributed by atoms with Crippen LogP contribution in [0.3, 0.4) is 0 Å². The summed E-state index contributed by atoms with van der Waals surface area (Å²) in [6, 6.07) is 28.7. The summed E-state index contributed by atoms with van der Waals surface area (Å²) in [5, 5.41) is 6.08. The van der Waals surface area contributed by atoms with Gasteiger partial charge in [0.2, 0.25) is 6.29 Å². The maximum absolute atomic E-state index is 13.7. The first-order valence-electron chi connectivity index (χ1n) is 15.6. The minimum Gasteiger partial charge on any atom is -0.487 e. The highest BCUT2D eigenvalue weighted by atomic mass is 16.7. The molecule has 10 heteroatoms. The van der Waals surface area contributed by atoms with Crippen molar-refractivity contribution in [2.75, 3.05) is 38.1 Å². The van der Waals surface area contributed by atoms with E-state index in [1.54, 1.807) is 54.6 Å². The van der Waals surface area contributed by atoms with Gasteiger partial charge in [0.05, 0.1) is 18.9 Å². The Kier molecular flexibility index (Phi) is 11.4. The predicted molar refractivity (Wildman–Crippen MR) is 181 cm³/mol. The van der Waals surface area contributed by atoms with Crippen LogP contribution in [0.1, 0.15) is 57.2 Å². The van der Waals surface area contributed by atoms with E-state index in [-0.39, 0.29) is 43.6 Å². The number of nitrogens with one attached hydrogen (secondary N) is 2. The lowest BCUT2D eigenvalue weighted by molar-refractivity contribution is -0.251. The van der Waals surface area contributed by atoms with Crippen molar-refractivity contribution in [1.29, 1.82) is 0 Å². The number of carbonyl (C=O) groups is 3. The Morgan fingerprint density at radius 1 is 0.792 bits per heavy atom. The minimum absolute atomic E-state index is 0.149. The van der Waals surface area contributed by atoms with Crippen LogP contribution in [0.5, 0.6) is 5.75 Å². The van der Waals surface area contributed by atoms with Crippen molar-refractivity contribution in [3.63, 3.8) is 0 Å². The lowest BCUT2D eigenvalue weighted by atomic mass is 9.88. The van der Waals surface area contributed by atoms with E-state index in [9.17, 15) is 14.4 Å². The normalized spacial score (nSPS) is 14.4. The number of methoxy groups -OCH3 is 2. The summed E-state index contributed by atoms with van der Waals surface area (Å²) < 4.78 is 29.2. The second-order valence-corrected chi connectivity index (χ2v) is 11.8. The van der Waals surface area contributed by atoms with Gasteiger partial charge in [0, 0.05) is 49.4 Å². The van der Waals surface area contributed by atoms with E-state index in [0.29, 0.717) is 27.9 Å². The third-order valence-corrected chi connectivity index (χ3v) is 7.95. The number of ether oxygens (including phenoxy) is 5. The number of rotatable bonds is 13. The summed E-state index contributed by atoms with van der Waals surface area (Å²) in [5.41, 5.74) is 3.35. The van der Waals surface area contributed by atoms with Gasteiger partial charge in [0.1, 0.15) is 12.4 Å². The quantitative estimate of drug-likeness (QED) is 0.160. The highest BCUT2D eigenvalue weighted by Gasteiger charge is 2.35. The van der Waals surface area contributed by atoms with Crippen molar-refractivity contribution in [2.45, 2.75) is 44.9 Å². The van der Waals surface area contributed by atoms with Crippen molar-refractivity contribution in [2.24, 2.45) is 0 Å². The second-order valence-electron chi connectivity index (χ2n) is 11.8. The van der Waals surface area contributed by atoms with Crippen molar-refractivity contribution in [3.05, 3.63) is 125 Å². The highest BCUT2D eigenvalue weighted by molar-refractivity contribution is 6.08. The summed E-state index contributed by atoms with van der Waals surface area (Å²) in [6.45, 7) is 4.23. The average Bonchev–Trinajstić information content (AvgIpc) is 3.10. The molecule has 0 aromatic heterocycles. The largest absolute Gasteiger partial charge is 0.487 e. The molecule has 0 saturated carbocycles. The molecule has 10 nitrogen and oxygen atoms in total. The van der Waals surface area contributed by atoms with Gasteiger partial charge in [-0.15, -0.1) is 0 Å². The number of carbonyl (C=O) groups excluding carboxylic acids is 3. The summed E-state index contributed by atoms with van der Waals surface area (Å²) in [5.74, 6) is -2.20. The summed E-state index contributed by atoms with van der Waals surface area (Å²) in [4.78, 5) is 41.1. The fourth-order valence-corrected chi connectivity index (χ4v) is 5.50. The van der Waals surface area contributed by atoms with Crippen LogP contribution in [-0.4, -0.2) is 57.1 Å². The lowest BCUT2D eigenvalue weighted by Gasteiger charge is -2.37. The number of benzene rings is 4. The monoisotopic (exact) mass is 652 g/mol. The molecular formula is C38H40N2O8.